The summed E-state index contributed by atoms with van der Waals surface area (Å²) in [7, 11) is 0. The number of carbonyl (C=O) groups is 2. The van der Waals surface area contributed by atoms with Crippen LogP contribution in [-0.4, -0.2) is 76.1 Å². The highest BCUT2D eigenvalue weighted by Gasteiger charge is 2.30. The van der Waals surface area contributed by atoms with Gasteiger partial charge in [0.05, 0.1) is 0 Å². The van der Waals surface area contributed by atoms with Crippen LogP contribution in [-0.2, 0) is 11.3 Å². The highest BCUT2D eigenvalue weighted by molar-refractivity contribution is 5.92. The molecule has 0 bridgehead atoms. The van der Waals surface area contributed by atoms with Crippen LogP contribution in [0.5, 0.6) is 0 Å². The van der Waals surface area contributed by atoms with E-state index in [9.17, 15) is 9.59 Å². The van der Waals surface area contributed by atoms with Crippen LogP contribution in [0.25, 0.3) is 0 Å². The molecule has 7 nitrogen and oxygen atoms in total. The summed E-state index contributed by atoms with van der Waals surface area (Å²) in [6, 6.07) is 12.7. The zero-order valence-electron chi connectivity index (χ0n) is 21.7. The van der Waals surface area contributed by atoms with E-state index in [1.165, 1.54) is 11.1 Å². The summed E-state index contributed by atoms with van der Waals surface area (Å²) >= 11 is 0. The summed E-state index contributed by atoms with van der Waals surface area (Å²) < 4.78 is 7.65. The maximum atomic E-state index is 13.5. The number of ether oxygens (including phenoxy) is 1. The quantitative estimate of drug-likeness (QED) is 0.636. The number of nitrogens with zero attached hydrogens (tertiary/aromatic N) is 4. The molecule has 2 fully saturated rings. The van der Waals surface area contributed by atoms with Gasteiger partial charge in [0.2, 0.25) is 0 Å². The van der Waals surface area contributed by atoms with Crippen LogP contribution >= 0.6 is 0 Å². The second kappa shape index (κ2) is 10.9. The van der Waals surface area contributed by atoms with E-state index < -0.39 is 5.60 Å². The largest absolute Gasteiger partial charge is 0.444 e. The molecule has 0 spiro atoms. The van der Waals surface area contributed by atoms with Crippen molar-refractivity contribution in [2.75, 3.05) is 39.3 Å². The Hall–Kier alpha value is -2.80. The van der Waals surface area contributed by atoms with Gasteiger partial charge in [-0.2, -0.15) is 0 Å². The van der Waals surface area contributed by atoms with Crippen molar-refractivity contribution in [3.63, 3.8) is 0 Å². The number of aryl methyl sites for hydroxylation is 1. The van der Waals surface area contributed by atoms with Gasteiger partial charge in [-0.05, 0) is 70.2 Å². The normalized spacial score (nSPS) is 18.4. The standard InChI is InChI=1S/C28H40N4O3/c1-22-9-5-6-10-23(22)21-29-14-8-15-30(20-19-29)26(33)25-11-7-16-32(25)24-12-17-31(18-13-24)27(34)35-28(2,3)4/h5-7,9-11,16,24H,8,12-15,17-21H2,1-4H3. The van der Waals surface area contributed by atoms with Gasteiger partial charge in [0.25, 0.3) is 5.91 Å². The molecule has 0 N–H and O–H groups in total. The lowest BCUT2D eigenvalue weighted by Crippen LogP contribution is -2.42. The Kier molecular flexibility index (Phi) is 7.85. The van der Waals surface area contributed by atoms with Crippen molar-refractivity contribution in [3.8, 4) is 0 Å². The SMILES string of the molecule is Cc1ccccc1CN1CCCN(C(=O)c2cccn2C2CCN(C(=O)OC(C)(C)C)CC2)CC1. The molecule has 190 valence electrons. The molecule has 35 heavy (non-hydrogen) atoms. The van der Waals surface area contributed by atoms with E-state index in [2.05, 4.69) is 40.7 Å². The lowest BCUT2D eigenvalue weighted by molar-refractivity contribution is 0.0186. The fourth-order valence-electron chi connectivity index (χ4n) is 5.07. The molecule has 0 aliphatic carbocycles. The molecule has 4 rings (SSSR count). The first-order valence-electron chi connectivity index (χ1n) is 12.9. The smallest absolute Gasteiger partial charge is 0.410 e. The Morgan fingerprint density at radius 2 is 1.66 bits per heavy atom. The minimum absolute atomic E-state index is 0.113. The first-order valence-corrected chi connectivity index (χ1v) is 12.9. The average Bonchev–Trinajstić information content (AvgIpc) is 3.19. The average molecular weight is 481 g/mol. The molecule has 2 amide bonds. The Morgan fingerprint density at radius 1 is 0.914 bits per heavy atom. The second-order valence-corrected chi connectivity index (χ2v) is 10.8. The van der Waals surface area contributed by atoms with E-state index in [-0.39, 0.29) is 18.0 Å². The van der Waals surface area contributed by atoms with E-state index in [1.54, 1.807) is 4.90 Å². The monoisotopic (exact) mass is 480 g/mol. The third-order valence-electron chi connectivity index (χ3n) is 7.04. The highest BCUT2D eigenvalue weighted by Crippen LogP contribution is 2.26. The predicted molar refractivity (Wildman–Crippen MR) is 137 cm³/mol. The van der Waals surface area contributed by atoms with Crippen LogP contribution < -0.4 is 0 Å². The van der Waals surface area contributed by atoms with E-state index in [1.807, 2.05) is 44.0 Å². The third-order valence-corrected chi connectivity index (χ3v) is 7.04. The van der Waals surface area contributed by atoms with Crippen LogP contribution in [0.15, 0.2) is 42.6 Å². The van der Waals surface area contributed by atoms with Gasteiger partial charge in [0.1, 0.15) is 11.3 Å². The van der Waals surface area contributed by atoms with Gasteiger partial charge in [-0.15, -0.1) is 0 Å². The number of carbonyl (C=O) groups excluding carboxylic acids is 2. The van der Waals surface area contributed by atoms with Gasteiger partial charge in [-0.3, -0.25) is 9.69 Å². The van der Waals surface area contributed by atoms with Crippen LogP contribution in [0.3, 0.4) is 0 Å². The maximum absolute atomic E-state index is 13.5. The van der Waals surface area contributed by atoms with Crippen LogP contribution in [0.4, 0.5) is 4.79 Å². The highest BCUT2D eigenvalue weighted by atomic mass is 16.6. The van der Waals surface area contributed by atoms with E-state index in [0.717, 1.165) is 57.7 Å². The summed E-state index contributed by atoms with van der Waals surface area (Å²) in [5, 5.41) is 0. The van der Waals surface area contributed by atoms with E-state index >= 15 is 0 Å². The van der Waals surface area contributed by atoms with Gasteiger partial charge >= 0.3 is 6.09 Å². The predicted octanol–water partition coefficient (Wildman–Crippen LogP) is 4.72. The van der Waals surface area contributed by atoms with Crippen molar-refractivity contribution >= 4 is 12.0 Å². The fraction of sp³-hybridized carbons (Fsp3) is 0.571. The van der Waals surface area contributed by atoms with Gasteiger partial charge in [-0.25, -0.2) is 4.79 Å². The molecule has 0 saturated carbocycles. The lowest BCUT2D eigenvalue weighted by atomic mass is 10.0. The molecular formula is C28H40N4O3. The number of hydrogen-bond donors (Lipinski definition) is 0. The molecule has 7 heteroatoms. The minimum Gasteiger partial charge on any atom is -0.444 e. The zero-order chi connectivity index (χ0) is 25.0. The Balaban J connectivity index is 1.34. The maximum Gasteiger partial charge on any atom is 0.410 e. The number of hydrogen-bond acceptors (Lipinski definition) is 4. The molecule has 1 aromatic carbocycles. The zero-order valence-corrected chi connectivity index (χ0v) is 21.7. The van der Waals surface area contributed by atoms with E-state index in [4.69, 9.17) is 4.74 Å². The summed E-state index contributed by atoms with van der Waals surface area (Å²) in [6.45, 7) is 13.5. The van der Waals surface area contributed by atoms with Crippen molar-refractivity contribution in [3.05, 3.63) is 59.4 Å². The molecule has 2 saturated heterocycles. The van der Waals surface area contributed by atoms with Gasteiger partial charge in [0, 0.05) is 58.1 Å². The molecule has 1 aromatic heterocycles. The number of rotatable bonds is 4. The van der Waals surface area contributed by atoms with E-state index in [0.29, 0.717) is 13.1 Å². The first kappa shape index (κ1) is 25.3. The van der Waals surface area contributed by atoms with Crippen LogP contribution in [0.1, 0.15) is 67.7 Å². The summed E-state index contributed by atoms with van der Waals surface area (Å²) in [6.07, 6.45) is 4.38. The topological polar surface area (TPSA) is 58.0 Å². The molecule has 0 unspecified atom stereocenters. The van der Waals surface area contributed by atoms with Crippen molar-refractivity contribution in [2.45, 2.75) is 65.1 Å². The second-order valence-electron chi connectivity index (χ2n) is 10.8. The Labute approximate surface area is 209 Å². The molecular weight excluding hydrogens is 440 g/mol. The summed E-state index contributed by atoms with van der Waals surface area (Å²) in [4.78, 5) is 32.2. The van der Waals surface area contributed by atoms with Gasteiger partial charge in [0.15, 0.2) is 0 Å². The lowest BCUT2D eigenvalue weighted by Gasteiger charge is -2.35. The Bertz CT molecular complexity index is 1020. The Morgan fingerprint density at radius 3 is 2.37 bits per heavy atom. The van der Waals surface area contributed by atoms with Gasteiger partial charge in [-0.1, -0.05) is 24.3 Å². The molecule has 0 radical (unpaired) electrons. The molecule has 2 aliphatic heterocycles. The molecule has 3 heterocycles. The van der Waals surface area contributed by atoms with Crippen molar-refractivity contribution in [1.82, 2.24) is 19.3 Å². The minimum atomic E-state index is -0.489. The first-order chi connectivity index (χ1) is 16.7. The molecule has 2 aliphatic rings. The number of piperidine rings is 1. The summed E-state index contributed by atoms with van der Waals surface area (Å²) in [5.74, 6) is 0.113. The van der Waals surface area contributed by atoms with Crippen LogP contribution in [0, 0.1) is 6.92 Å². The number of aromatic nitrogens is 1. The fourth-order valence-corrected chi connectivity index (χ4v) is 5.07. The third kappa shape index (κ3) is 6.45. The molecule has 0 atom stereocenters. The molecule has 2 aromatic rings. The van der Waals surface area contributed by atoms with Crippen molar-refractivity contribution in [2.24, 2.45) is 0 Å². The number of benzene rings is 1. The summed E-state index contributed by atoms with van der Waals surface area (Å²) in [5.41, 5.74) is 2.95. The van der Waals surface area contributed by atoms with Crippen LogP contribution in [0.2, 0.25) is 0 Å². The number of likely N-dealkylation sites (tertiary alicyclic amines) is 1. The van der Waals surface area contributed by atoms with Gasteiger partial charge < -0.3 is 19.1 Å². The van der Waals surface area contributed by atoms with Crippen molar-refractivity contribution in [1.29, 1.82) is 0 Å². The van der Waals surface area contributed by atoms with Crippen molar-refractivity contribution < 1.29 is 14.3 Å². The number of amides is 2.